The molecule has 0 aromatic carbocycles. The van der Waals surface area contributed by atoms with Gasteiger partial charge in [-0.25, -0.2) is 39.0 Å². The van der Waals surface area contributed by atoms with Crippen LogP contribution < -0.4 is 10.6 Å². The van der Waals surface area contributed by atoms with Crippen molar-refractivity contribution >= 4 is 49.6 Å². The number of aliphatic hydroxyl groups excluding tert-OH is 4. The summed E-state index contributed by atoms with van der Waals surface area (Å²) in [6.07, 6.45) is -6.05. The average molecular weight is 706 g/mol. The van der Waals surface area contributed by atoms with E-state index in [0.29, 0.717) is 0 Å². The highest BCUT2D eigenvalue weighted by Crippen LogP contribution is 2.40. The van der Waals surface area contributed by atoms with E-state index in [1.165, 1.54) is 34.4 Å². The fourth-order valence-corrected chi connectivity index (χ4v) is 5.76. The van der Waals surface area contributed by atoms with Crippen LogP contribution in [-0.2, 0) is 27.7 Å². The molecular formula is C21H28N10O14P2. The molecule has 6 heterocycles. The molecule has 0 aliphatic carbocycles. The number of nitrogens with zero attached hydrogens (tertiary/aromatic N) is 8. The number of imidazole rings is 2. The van der Waals surface area contributed by atoms with Crippen LogP contribution in [0.1, 0.15) is 12.5 Å². The Labute approximate surface area is 261 Å². The molecule has 256 valence electrons. The highest BCUT2D eigenvalue weighted by Gasteiger charge is 2.46. The summed E-state index contributed by atoms with van der Waals surface area (Å²) in [6.45, 7) is -1.36. The number of nitrogens with one attached hydrogen (secondary N) is 2. The van der Waals surface area contributed by atoms with E-state index in [4.69, 9.17) is 29.0 Å². The minimum atomic E-state index is -4.85. The molecule has 2 aliphatic heterocycles. The Balaban J connectivity index is 1.13. The summed E-state index contributed by atoms with van der Waals surface area (Å²) in [5, 5.41) is 47.8. The smallest absolute Gasteiger partial charge is 0.387 e. The summed E-state index contributed by atoms with van der Waals surface area (Å²) in [7, 11) is -9.69. The number of anilines is 2. The molecule has 0 spiro atoms. The third-order valence-corrected chi connectivity index (χ3v) is 8.24. The van der Waals surface area contributed by atoms with Gasteiger partial charge in [0.25, 0.3) is 0 Å². The zero-order valence-corrected chi connectivity index (χ0v) is 25.3. The molecule has 4 aromatic heterocycles. The lowest BCUT2D eigenvalue weighted by Crippen LogP contribution is -2.33. The molecule has 0 bridgehead atoms. The van der Waals surface area contributed by atoms with E-state index < -0.39 is 77.9 Å². The monoisotopic (exact) mass is 706 g/mol. The number of aliphatic hydroxyl groups is 4. The Hall–Kier alpha value is -3.32. The number of aromatic nitrogens is 8. The fourth-order valence-electron chi connectivity index (χ4n) is 5.08. The lowest BCUT2D eigenvalue weighted by molar-refractivity contribution is -0.0504. The van der Waals surface area contributed by atoms with Gasteiger partial charge in [-0.3, -0.25) is 18.2 Å². The first-order valence-electron chi connectivity index (χ1n) is 13.5. The van der Waals surface area contributed by atoms with Crippen LogP contribution in [-0.4, -0.2) is 136 Å². The van der Waals surface area contributed by atoms with Gasteiger partial charge in [0.15, 0.2) is 46.4 Å². The standard InChI is InChI=1S/C21H28N10O14P2/c32-12-8(1-42-46(36,37)38)44-20(14(12)34)30-6-28-10-16(24-4-26-18(10)30)22-3-23-17-11-19(27-5-25-17)31(7-29-11)21-15(35)13(33)9(45-21)2-43-47(39,40)41/h4-9,12-15,20-21,32-35H,1-3H2,(H,22,24,26)(H,23,25,27)(H2,36,37,38)(H2,39,40,41)/t8-,9-,12-,13-,14-,15-,20-,21-/m1/s1. The minimum Gasteiger partial charge on any atom is -0.387 e. The quantitative estimate of drug-likeness (QED) is 0.0515. The molecule has 6 rings (SSSR count). The minimum absolute atomic E-state index is 0.00403. The molecule has 2 aliphatic rings. The molecule has 0 unspecified atom stereocenters. The molecule has 2 fully saturated rings. The van der Waals surface area contributed by atoms with Gasteiger partial charge in [0.1, 0.15) is 49.3 Å². The SMILES string of the molecule is O=P(O)(O)OC[C@H]1O[C@@H](n2cnc3c(NCNc4ncnc5c4ncn5[C@@H]4O[C@H](COP(=O)(O)O)[C@@H](O)[C@H]4O)ncnc32)[C@H](O)[C@@H]1O. The second-order valence-electron chi connectivity index (χ2n) is 10.3. The van der Waals surface area contributed by atoms with Gasteiger partial charge in [-0.15, -0.1) is 0 Å². The summed E-state index contributed by atoms with van der Waals surface area (Å²) in [5.41, 5.74) is 0.880. The zero-order valence-electron chi connectivity index (χ0n) is 23.5. The van der Waals surface area contributed by atoms with Crippen LogP contribution in [0.25, 0.3) is 22.3 Å². The van der Waals surface area contributed by atoms with Crippen LogP contribution in [0.2, 0.25) is 0 Å². The predicted molar refractivity (Wildman–Crippen MR) is 151 cm³/mol. The second-order valence-corrected chi connectivity index (χ2v) is 12.8. The van der Waals surface area contributed by atoms with Gasteiger partial charge < -0.3 is 60.1 Å². The van der Waals surface area contributed by atoms with Crippen molar-refractivity contribution in [3.63, 3.8) is 0 Å². The molecule has 0 saturated carbocycles. The van der Waals surface area contributed by atoms with E-state index in [2.05, 4.69) is 49.6 Å². The maximum atomic E-state index is 11.0. The molecular weight excluding hydrogens is 678 g/mol. The summed E-state index contributed by atoms with van der Waals surface area (Å²) >= 11 is 0. The van der Waals surface area contributed by atoms with Gasteiger partial charge in [-0.05, 0) is 0 Å². The largest absolute Gasteiger partial charge is 0.469 e. The van der Waals surface area contributed by atoms with E-state index in [9.17, 15) is 29.6 Å². The maximum absolute atomic E-state index is 11.0. The van der Waals surface area contributed by atoms with Crippen molar-refractivity contribution in [2.75, 3.05) is 30.5 Å². The van der Waals surface area contributed by atoms with E-state index in [1.807, 2.05) is 0 Å². The van der Waals surface area contributed by atoms with Crippen LogP contribution in [0.15, 0.2) is 25.3 Å². The van der Waals surface area contributed by atoms with E-state index in [-0.39, 0.29) is 40.6 Å². The van der Waals surface area contributed by atoms with Gasteiger partial charge >= 0.3 is 15.6 Å². The highest BCUT2D eigenvalue weighted by molar-refractivity contribution is 7.46. The Morgan fingerprint density at radius 3 is 1.45 bits per heavy atom. The second kappa shape index (κ2) is 12.9. The van der Waals surface area contributed by atoms with Gasteiger partial charge in [0.2, 0.25) is 0 Å². The molecule has 26 heteroatoms. The molecule has 4 aromatic rings. The van der Waals surface area contributed by atoms with Gasteiger partial charge in [-0.1, -0.05) is 0 Å². The summed E-state index contributed by atoms with van der Waals surface area (Å²) in [4.78, 5) is 61.0. The van der Waals surface area contributed by atoms with E-state index in [0.717, 1.165) is 0 Å². The van der Waals surface area contributed by atoms with Crippen molar-refractivity contribution in [1.29, 1.82) is 0 Å². The van der Waals surface area contributed by atoms with Crippen molar-refractivity contribution in [2.24, 2.45) is 0 Å². The first kappa shape index (κ1) is 33.6. The molecule has 0 amide bonds. The van der Waals surface area contributed by atoms with Crippen LogP contribution in [0.3, 0.4) is 0 Å². The van der Waals surface area contributed by atoms with E-state index in [1.54, 1.807) is 0 Å². The summed E-state index contributed by atoms with van der Waals surface area (Å²) < 4.78 is 44.7. The molecule has 2 saturated heterocycles. The molecule has 0 radical (unpaired) electrons. The number of phosphoric acid groups is 2. The molecule has 8 atom stereocenters. The van der Waals surface area contributed by atoms with Crippen molar-refractivity contribution in [1.82, 2.24) is 39.0 Å². The van der Waals surface area contributed by atoms with Crippen molar-refractivity contribution in [2.45, 2.75) is 49.1 Å². The first-order chi connectivity index (χ1) is 22.2. The maximum Gasteiger partial charge on any atom is 0.469 e. The van der Waals surface area contributed by atoms with Crippen molar-refractivity contribution in [3.8, 4) is 0 Å². The number of rotatable bonds is 12. The fraction of sp³-hybridized carbons (Fsp3) is 0.524. The van der Waals surface area contributed by atoms with Crippen LogP contribution >= 0.6 is 15.6 Å². The molecule has 10 N–H and O–H groups in total. The van der Waals surface area contributed by atoms with E-state index >= 15 is 0 Å². The number of hydrogen-bond donors (Lipinski definition) is 10. The number of fused-ring (bicyclic) bond motifs is 2. The van der Waals surface area contributed by atoms with Gasteiger partial charge in [0, 0.05) is 0 Å². The summed E-state index contributed by atoms with van der Waals surface area (Å²) in [5.74, 6) is 0.484. The highest BCUT2D eigenvalue weighted by atomic mass is 31.2. The third-order valence-electron chi connectivity index (χ3n) is 7.27. The van der Waals surface area contributed by atoms with Crippen LogP contribution in [0.5, 0.6) is 0 Å². The first-order valence-corrected chi connectivity index (χ1v) is 16.5. The zero-order chi connectivity index (χ0) is 33.7. The summed E-state index contributed by atoms with van der Waals surface area (Å²) in [6, 6.07) is 0. The molecule has 47 heavy (non-hydrogen) atoms. The van der Waals surface area contributed by atoms with Gasteiger partial charge in [0.05, 0.1) is 32.5 Å². The van der Waals surface area contributed by atoms with Crippen LogP contribution in [0.4, 0.5) is 11.6 Å². The Morgan fingerprint density at radius 2 is 1.06 bits per heavy atom. The predicted octanol–water partition coefficient (Wildman–Crippen LogP) is -3.10. The van der Waals surface area contributed by atoms with Crippen LogP contribution in [0, 0.1) is 0 Å². The van der Waals surface area contributed by atoms with Crippen molar-refractivity contribution in [3.05, 3.63) is 25.3 Å². The lowest BCUT2D eigenvalue weighted by atomic mass is 10.1. The van der Waals surface area contributed by atoms with Gasteiger partial charge in [-0.2, -0.15) is 0 Å². The normalized spacial score (nSPS) is 28.4. The lowest BCUT2D eigenvalue weighted by Gasteiger charge is -2.17. The molecule has 24 nitrogen and oxygen atoms in total. The third kappa shape index (κ3) is 6.97. The average Bonchev–Trinajstić information content (AvgIpc) is 3.76. The number of ether oxygens (including phenoxy) is 2. The Kier molecular flexibility index (Phi) is 9.25. The Morgan fingerprint density at radius 1 is 0.660 bits per heavy atom. The Bertz CT molecular complexity index is 1700. The van der Waals surface area contributed by atoms with Crippen molar-refractivity contribution < 1.29 is 67.7 Å². The number of phosphoric ester groups is 2. The topological polar surface area (TPSA) is 344 Å². The number of hydrogen-bond acceptors (Lipinski definition) is 18.